The van der Waals surface area contributed by atoms with E-state index in [1.165, 1.54) is 0 Å². The Morgan fingerprint density at radius 2 is 1.79 bits per heavy atom. The number of anilines is 1. The van der Waals surface area contributed by atoms with Gasteiger partial charge in [-0.25, -0.2) is 0 Å². The average molecular weight is 321 g/mol. The minimum Gasteiger partial charge on any atom is -0.497 e. The van der Waals surface area contributed by atoms with Gasteiger partial charge in [0.2, 0.25) is 0 Å². The van der Waals surface area contributed by atoms with Crippen molar-refractivity contribution in [3.63, 3.8) is 0 Å². The molecule has 1 unspecified atom stereocenters. The predicted molar refractivity (Wildman–Crippen MR) is 88.6 cm³/mol. The number of fused-ring (bicyclic) bond motifs is 1. The van der Waals surface area contributed by atoms with Gasteiger partial charge in [-0.1, -0.05) is 12.1 Å². The van der Waals surface area contributed by atoms with Crippen LogP contribution in [0.25, 0.3) is 11.3 Å². The van der Waals surface area contributed by atoms with Crippen LogP contribution in [0.4, 0.5) is 5.69 Å². The third-order valence-corrected chi connectivity index (χ3v) is 3.96. The lowest BCUT2D eigenvalue weighted by molar-refractivity contribution is 0.0935. The summed E-state index contributed by atoms with van der Waals surface area (Å²) in [4.78, 5) is 12.3. The number of hydrogen-bond acceptors (Lipinski definition) is 5. The Labute approximate surface area is 138 Å². The first-order chi connectivity index (χ1) is 11.8. The first-order valence-corrected chi connectivity index (χ1v) is 7.48. The number of aromatic amines is 1. The van der Waals surface area contributed by atoms with E-state index in [-0.39, 0.29) is 5.91 Å². The van der Waals surface area contributed by atoms with Crippen LogP contribution >= 0.6 is 0 Å². The summed E-state index contributed by atoms with van der Waals surface area (Å²) >= 11 is 0. The average Bonchev–Trinajstić information content (AvgIpc) is 3.11. The van der Waals surface area contributed by atoms with Crippen molar-refractivity contribution in [3.8, 4) is 17.0 Å². The maximum Gasteiger partial charge on any atom is 0.255 e. The number of para-hydroxylation sites is 1. The van der Waals surface area contributed by atoms with Gasteiger partial charge in [0, 0.05) is 11.3 Å². The zero-order valence-corrected chi connectivity index (χ0v) is 12.9. The van der Waals surface area contributed by atoms with Crippen molar-refractivity contribution in [2.75, 3.05) is 12.4 Å². The second kappa shape index (κ2) is 5.69. The van der Waals surface area contributed by atoms with E-state index < -0.39 is 6.17 Å². The highest BCUT2D eigenvalue weighted by atomic mass is 16.5. The number of rotatable bonds is 3. The van der Waals surface area contributed by atoms with Crippen LogP contribution in [-0.2, 0) is 0 Å². The summed E-state index contributed by atoms with van der Waals surface area (Å²) in [7, 11) is 1.62. The number of hydrogen-bond donors (Lipinski definition) is 3. The fourth-order valence-electron chi connectivity index (χ4n) is 2.75. The van der Waals surface area contributed by atoms with Crippen LogP contribution in [0.15, 0.2) is 48.5 Å². The molecule has 3 N–H and O–H groups in total. The van der Waals surface area contributed by atoms with Crippen molar-refractivity contribution >= 4 is 11.6 Å². The van der Waals surface area contributed by atoms with Crippen LogP contribution in [0, 0.1) is 0 Å². The van der Waals surface area contributed by atoms with Gasteiger partial charge in [0.25, 0.3) is 5.91 Å². The number of nitrogens with one attached hydrogen (secondary N) is 3. The van der Waals surface area contributed by atoms with E-state index in [1.54, 1.807) is 13.2 Å². The van der Waals surface area contributed by atoms with Crippen molar-refractivity contribution in [1.29, 1.82) is 0 Å². The maximum absolute atomic E-state index is 12.3. The number of benzene rings is 2. The molecule has 24 heavy (non-hydrogen) atoms. The molecular weight excluding hydrogens is 306 g/mol. The number of H-pyrrole nitrogens is 1. The fraction of sp³-hybridized carbons (Fsp3) is 0.118. The molecule has 7 heteroatoms. The van der Waals surface area contributed by atoms with Crippen LogP contribution in [0.5, 0.6) is 5.75 Å². The van der Waals surface area contributed by atoms with Gasteiger partial charge in [0.05, 0.1) is 12.7 Å². The zero-order chi connectivity index (χ0) is 16.5. The molecule has 1 aliphatic heterocycles. The van der Waals surface area contributed by atoms with Gasteiger partial charge in [0.15, 0.2) is 0 Å². The molecule has 0 saturated heterocycles. The summed E-state index contributed by atoms with van der Waals surface area (Å²) in [5, 5.41) is 17.3. The molecule has 0 radical (unpaired) electrons. The van der Waals surface area contributed by atoms with Gasteiger partial charge in [-0.3, -0.25) is 4.79 Å². The number of aromatic nitrogens is 3. The van der Waals surface area contributed by atoms with E-state index in [9.17, 15) is 4.79 Å². The summed E-state index contributed by atoms with van der Waals surface area (Å²) in [5.74, 6) is 0.625. The second-order valence-electron chi connectivity index (χ2n) is 5.38. The monoisotopic (exact) mass is 321 g/mol. The van der Waals surface area contributed by atoms with Crippen molar-refractivity contribution in [2.24, 2.45) is 0 Å². The molecule has 7 nitrogen and oxygen atoms in total. The van der Waals surface area contributed by atoms with Crippen LogP contribution in [0.2, 0.25) is 0 Å². The number of methoxy groups -OCH3 is 1. The molecule has 0 spiro atoms. The number of carbonyl (C=O) groups excluding carboxylic acids is 1. The molecule has 120 valence electrons. The Balaban J connectivity index is 1.69. The molecule has 1 aliphatic rings. The van der Waals surface area contributed by atoms with Crippen molar-refractivity contribution < 1.29 is 9.53 Å². The molecule has 1 aromatic heterocycles. The van der Waals surface area contributed by atoms with E-state index in [0.717, 1.165) is 17.0 Å². The Hall–Kier alpha value is -3.35. The molecule has 2 heterocycles. The Morgan fingerprint density at radius 3 is 2.58 bits per heavy atom. The predicted octanol–water partition coefficient (Wildman–Crippen LogP) is 2.33. The molecule has 0 bridgehead atoms. The van der Waals surface area contributed by atoms with Gasteiger partial charge in [-0.2, -0.15) is 15.4 Å². The van der Waals surface area contributed by atoms with Crippen molar-refractivity contribution in [1.82, 2.24) is 20.7 Å². The number of amides is 1. The lowest BCUT2D eigenvalue weighted by Crippen LogP contribution is -2.38. The zero-order valence-electron chi connectivity index (χ0n) is 12.9. The largest absolute Gasteiger partial charge is 0.497 e. The molecule has 1 amide bonds. The molecule has 4 rings (SSSR count). The normalized spacial score (nSPS) is 16.0. The van der Waals surface area contributed by atoms with Crippen LogP contribution in [0.1, 0.15) is 22.2 Å². The lowest BCUT2D eigenvalue weighted by Gasteiger charge is -2.26. The van der Waals surface area contributed by atoms with Crippen molar-refractivity contribution in [2.45, 2.75) is 6.17 Å². The minimum atomic E-state index is -0.455. The van der Waals surface area contributed by atoms with Crippen LogP contribution in [0.3, 0.4) is 0 Å². The molecule has 0 saturated carbocycles. The first kappa shape index (κ1) is 14.3. The van der Waals surface area contributed by atoms with E-state index in [2.05, 4.69) is 26.0 Å². The SMILES string of the molecule is COc1ccc(-c2n[nH]nc2C2NC(=O)c3ccccc3N2)cc1. The van der Waals surface area contributed by atoms with Gasteiger partial charge in [0.1, 0.15) is 23.3 Å². The summed E-state index contributed by atoms with van der Waals surface area (Å²) in [5.41, 5.74) is 3.57. The Bertz CT molecular complexity index is 888. The molecule has 3 aromatic rings. The van der Waals surface area contributed by atoms with E-state index >= 15 is 0 Å². The molecule has 2 aromatic carbocycles. The summed E-state index contributed by atoms with van der Waals surface area (Å²) in [6.45, 7) is 0. The summed E-state index contributed by atoms with van der Waals surface area (Å²) < 4.78 is 5.17. The smallest absolute Gasteiger partial charge is 0.255 e. The molecule has 1 atom stereocenters. The standard InChI is InChI=1S/C17H15N5O2/c1-24-11-8-6-10(7-9-11)14-15(21-22-20-14)16-18-13-5-3-2-4-12(13)17(23)19-16/h2-9,16,18H,1H3,(H,19,23)(H,20,21,22). The summed E-state index contributed by atoms with van der Waals surface area (Å²) in [6, 6.07) is 14.9. The van der Waals surface area contributed by atoms with Gasteiger partial charge < -0.3 is 15.4 Å². The minimum absolute atomic E-state index is 0.141. The highest BCUT2D eigenvalue weighted by molar-refractivity contribution is 6.01. The number of nitrogens with zero attached hydrogens (tertiary/aromatic N) is 2. The van der Waals surface area contributed by atoms with Crippen molar-refractivity contribution in [3.05, 3.63) is 59.8 Å². The third kappa shape index (κ3) is 2.36. The Morgan fingerprint density at radius 1 is 1.00 bits per heavy atom. The topological polar surface area (TPSA) is 91.9 Å². The first-order valence-electron chi connectivity index (χ1n) is 7.48. The second-order valence-corrected chi connectivity index (χ2v) is 5.38. The maximum atomic E-state index is 12.3. The third-order valence-electron chi connectivity index (χ3n) is 3.96. The highest BCUT2D eigenvalue weighted by Crippen LogP contribution is 2.30. The van der Waals surface area contributed by atoms with E-state index in [4.69, 9.17) is 4.74 Å². The quantitative estimate of drug-likeness (QED) is 0.688. The number of carbonyl (C=O) groups is 1. The van der Waals surface area contributed by atoms with Crippen LogP contribution < -0.4 is 15.4 Å². The van der Waals surface area contributed by atoms with Crippen LogP contribution in [-0.4, -0.2) is 28.4 Å². The lowest BCUT2D eigenvalue weighted by atomic mass is 10.1. The molecule has 0 aliphatic carbocycles. The van der Waals surface area contributed by atoms with Gasteiger partial charge >= 0.3 is 0 Å². The summed E-state index contributed by atoms with van der Waals surface area (Å²) in [6.07, 6.45) is -0.455. The number of ether oxygens (including phenoxy) is 1. The van der Waals surface area contributed by atoms with Gasteiger partial charge in [-0.15, -0.1) is 0 Å². The molecular formula is C17H15N5O2. The van der Waals surface area contributed by atoms with Gasteiger partial charge in [-0.05, 0) is 36.4 Å². The highest BCUT2D eigenvalue weighted by Gasteiger charge is 2.28. The fourth-order valence-corrected chi connectivity index (χ4v) is 2.75. The molecule has 0 fully saturated rings. The Kier molecular flexibility index (Phi) is 3.38. The van der Waals surface area contributed by atoms with E-state index in [1.807, 2.05) is 42.5 Å². The van der Waals surface area contributed by atoms with E-state index in [0.29, 0.717) is 17.0 Å².